The average Bonchev–Trinajstić information content (AvgIpc) is 1.82. The second-order valence-electron chi connectivity index (χ2n) is 2.05. The van der Waals surface area contributed by atoms with E-state index in [0.29, 0.717) is 0 Å². The van der Waals surface area contributed by atoms with E-state index in [2.05, 4.69) is 31.4 Å². The minimum Gasteiger partial charge on any atom is -0.304 e. The van der Waals surface area contributed by atoms with Gasteiger partial charge in [0.25, 0.3) is 0 Å². The fourth-order valence-corrected chi connectivity index (χ4v) is 0.977. The molecule has 9 heavy (non-hydrogen) atoms. The molecule has 0 spiro atoms. The van der Waals surface area contributed by atoms with Crippen LogP contribution in [0.1, 0.15) is 13.8 Å². The van der Waals surface area contributed by atoms with Crippen LogP contribution < -0.4 is 0 Å². The molecule has 0 aliphatic heterocycles. The van der Waals surface area contributed by atoms with E-state index in [9.17, 15) is 0 Å². The highest BCUT2D eigenvalue weighted by molar-refractivity contribution is 7.82. The molecular formula is C6H14BNS. The first-order chi connectivity index (χ1) is 4.20. The number of hydrogen-bond acceptors (Lipinski definition) is 2. The van der Waals surface area contributed by atoms with Gasteiger partial charge in [0.2, 0.25) is 0 Å². The summed E-state index contributed by atoms with van der Waals surface area (Å²) in [6, 6.07) is 0. The van der Waals surface area contributed by atoms with Gasteiger partial charge in [-0.1, -0.05) is 13.8 Å². The number of rotatable bonds is 4. The highest BCUT2D eigenvalue weighted by Gasteiger charge is 2.00. The topological polar surface area (TPSA) is 3.24 Å². The summed E-state index contributed by atoms with van der Waals surface area (Å²) < 4.78 is 0. The standard InChI is InChI=1S/C6H14BNS/c1-3-8(4-2)5-6(7)9/h6,9H,3-5H2,1-2H3. The summed E-state index contributed by atoms with van der Waals surface area (Å²) in [6.07, 6.45) is 0. The molecule has 0 fully saturated rings. The van der Waals surface area contributed by atoms with Crippen LogP contribution in [0.25, 0.3) is 0 Å². The Morgan fingerprint density at radius 1 is 1.44 bits per heavy atom. The molecule has 2 radical (unpaired) electrons. The van der Waals surface area contributed by atoms with E-state index in [1.807, 2.05) is 0 Å². The highest BCUT2D eigenvalue weighted by Crippen LogP contribution is 1.93. The molecule has 0 saturated heterocycles. The molecule has 0 aromatic rings. The molecule has 0 N–H and O–H groups in total. The summed E-state index contributed by atoms with van der Waals surface area (Å²) in [7, 11) is 5.47. The minimum absolute atomic E-state index is 0.00454. The van der Waals surface area contributed by atoms with Crippen LogP contribution in [0.5, 0.6) is 0 Å². The Morgan fingerprint density at radius 2 is 1.89 bits per heavy atom. The van der Waals surface area contributed by atoms with Crippen molar-refractivity contribution in [1.82, 2.24) is 4.90 Å². The maximum atomic E-state index is 5.47. The predicted molar refractivity (Wildman–Crippen MR) is 46.3 cm³/mol. The Hall–Kier alpha value is 0.375. The summed E-state index contributed by atoms with van der Waals surface area (Å²) in [6.45, 7) is 7.25. The van der Waals surface area contributed by atoms with Gasteiger partial charge >= 0.3 is 0 Å². The number of nitrogens with zero attached hydrogens (tertiary/aromatic N) is 1. The van der Waals surface area contributed by atoms with Crippen molar-refractivity contribution in [3.8, 4) is 0 Å². The lowest BCUT2D eigenvalue weighted by molar-refractivity contribution is 0.318. The second-order valence-corrected chi connectivity index (χ2v) is 2.72. The normalized spacial score (nSPS) is 14.2. The first-order valence-corrected chi connectivity index (χ1v) is 3.88. The van der Waals surface area contributed by atoms with Crippen LogP contribution in [0.3, 0.4) is 0 Å². The van der Waals surface area contributed by atoms with Gasteiger partial charge < -0.3 is 4.90 Å². The molecule has 0 aromatic heterocycles. The maximum absolute atomic E-state index is 5.47. The quantitative estimate of drug-likeness (QED) is 0.449. The largest absolute Gasteiger partial charge is 0.304 e. The van der Waals surface area contributed by atoms with E-state index in [4.69, 9.17) is 7.85 Å². The van der Waals surface area contributed by atoms with Crippen molar-refractivity contribution < 1.29 is 0 Å². The molecule has 0 bridgehead atoms. The smallest absolute Gasteiger partial charge is 0.0860 e. The average molecular weight is 143 g/mol. The molecule has 0 aliphatic rings. The zero-order valence-corrected chi connectivity index (χ0v) is 7.06. The molecule has 1 nitrogen and oxygen atoms in total. The van der Waals surface area contributed by atoms with Crippen molar-refractivity contribution in [2.45, 2.75) is 19.0 Å². The van der Waals surface area contributed by atoms with Gasteiger partial charge in [-0.05, 0) is 18.2 Å². The summed E-state index contributed by atoms with van der Waals surface area (Å²) in [5.74, 6) is 0. The molecule has 1 atom stereocenters. The van der Waals surface area contributed by atoms with Gasteiger partial charge in [0.1, 0.15) is 0 Å². The summed E-state index contributed by atoms with van der Waals surface area (Å²) >= 11 is 4.08. The summed E-state index contributed by atoms with van der Waals surface area (Å²) in [5, 5.41) is 0.00454. The van der Waals surface area contributed by atoms with Gasteiger partial charge in [-0.2, -0.15) is 12.6 Å². The van der Waals surface area contributed by atoms with Crippen LogP contribution in [0.2, 0.25) is 0 Å². The van der Waals surface area contributed by atoms with E-state index in [0.717, 1.165) is 19.6 Å². The van der Waals surface area contributed by atoms with E-state index in [-0.39, 0.29) is 5.15 Å². The monoisotopic (exact) mass is 143 g/mol. The van der Waals surface area contributed by atoms with E-state index in [1.54, 1.807) is 0 Å². The third kappa shape index (κ3) is 4.85. The van der Waals surface area contributed by atoms with Gasteiger partial charge in [0.05, 0.1) is 7.85 Å². The fraction of sp³-hybridized carbons (Fsp3) is 1.00. The lowest BCUT2D eigenvalue weighted by Gasteiger charge is -2.19. The Kier molecular flexibility index (Phi) is 5.40. The van der Waals surface area contributed by atoms with Crippen LogP contribution in [0, 0.1) is 0 Å². The Morgan fingerprint density at radius 3 is 2.00 bits per heavy atom. The Balaban J connectivity index is 3.31. The van der Waals surface area contributed by atoms with Gasteiger partial charge in [0.15, 0.2) is 0 Å². The lowest BCUT2D eigenvalue weighted by atomic mass is 10.0. The van der Waals surface area contributed by atoms with Gasteiger partial charge in [-0.15, -0.1) is 0 Å². The molecule has 0 aromatic carbocycles. The van der Waals surface area contributed by atoms with Crippen molar-refractivity contribution >= 4 is 20.5 Å². The fourth-order valence-electron chi connectivity index (χ4n) is 0.746. The molecular weight excluding hydrogens is 129 g/mol. The first-order valence-electron chi connectivity index (χ1n) is 3.36. The summed E-state index contributed by atoms with van der Waals surface area (Å²) in [4.78, 5) is 2.25. The molecule has 0 amide bonds. The van der Waals surface area contributed by atoms with E-state index < -0.39 is 0 Å². The third-order valence-electron chi connectivity index (χ3n) is 1.34. The minimum atomic E-state index is 0.00454. The van der Waals surface area contributed by atoms with Crippen molar-refractivity contribution in [2.75, 3.05) is 19.6 Å². The predicted octanol–water partition coefficient (Wildman–Crippen LogP) is 0.753. The van der Waals surface area contributed by atoms with Gasteiger partial charge in [-0.3, -0.25) is 0 Å². The number of hydrogen-bond donors (Lipinski definition) is 1. The molecule has 0 saturated carbocycles. The number of thiol groups is 1. The SMILES string of the molecule is [B]C(S)CN(CC)CC. The Labute approximate surface area is 64.6 Å². The summed E-state index contributed by atoms with van der Waals surface area (Å²) in [5.41, 5.74) is 0. The molecule has 0 aliphatic carbocycles. The van der Waals surface area contributed by atoms with Crippen LogP contribution in [-0.2, 0) is 0 Å². The van der Waals surface area contributed by atoms with Crippen molar-refractivity contribution in [3.05, 3.63) is 0 Å². The highest BCUT2D eigenvalue weighted by atomic mass is 32.1. The van der Waals surface area contributed by atoms with Crippen molar-refractivity contribution in [2.24, 2.45) is 0 Å². The van der Waals surface area contributed by atoms with Crippen molar-refractivity contribution in [3.63, 3.8) is 0 Å². The van der Waals surface area contributed by atoms with Crippen LogP contribution in [0.15, 0.2) is 0 Å². The molecule has 0 heterocycles. The van der Waals surface area contributed by atoms with E-state index >= 15 is 0 Å². The zero-order valence-electron chi connectivity index (χ0n) is 6.17. The van der Waals surface area contributed by atoms with E-state index in [1.165, 1.54) is 0 Å². The molecule has 3 heteroatoms. The van der Waals surface area contributed by atoms with Crippen LogP contribution in [0.4, 0.5) is 0 Å². The molecule has 52 valence electrons. The zero-order chi connectivity index (χ0) is 7.28. The van der Waals surface area contributed by atoms with Crippen LogP contribution in [-0.4, -0.2) is 37.5 Å². The third-order valence-corrected chi connectivity index (χ3v) is 1.50. The maximum Gasteiger partial charge on any atom is 0.0860 e. The lowest BCUT2D eigenvalue weighted by Crippen LogP contribution is -2.29. The van der Waals surface area contributed by atoms with Gasteiger partial charge in [0, 0.05) is 6.54 Å². The Bertz CT molecular complexity index is 64.1. The first kappa shape index (κ1) is 9.37. The molecule has 1 unspecified atom stereocenters. The second kappa shape index (κ2) is 5.18. The van der Waals surface area contributed by atoms with Gasteiger partial charge in [-0.25, -0.2) is 0 Å². The van der Waals surface area contributed by atoms with Crippen molar-refractivity contribution in [1.29, 1.82) is 0 Å². The van der Waals surface area contributed by atoms with Crippen LogP contribution >= 0.6 is 12.6 Å². The molecule has 0 rings (SSSR count).